The van der Waals surface area contributed by atoms with Gasteiger partial charge in [-0.05, 0) is 37.3 Å². The van der Waals surface area contributed by atoms with E-state index in [4.69, 9.17) is 4.74 Å². The summed E-state index contributed by atoms with van der Waals surface area (Å²) in [4.78, 5) is 12.3. The zero-order valence-corrected chi connectivity index (χ0v) is 10.6. The molecule has 1 aliphatic rings. The van der Waals surface area contributed by atoms with Crippen LogP contribution in [0.15, 0.2) is 24.3 Å². The van der Waals surface area contributed by atoms with Crippen molar-refractivity contribution in [3.63, 3.8) is 0 Å². The van der Waals surface area contributed by atoms with E-state index in [2.05, 4.69) is 6.07 Å². The van der Waals surface area contributed by atoms with Gasteiger partial charge in [0.2, 0.25) is 0 Å². The lowest BCUT2D eigenvalue weighted by atomic mass is 9.88. The topological polar surface area (TPSA) is 50.1 Å². The fourth-order valence-electron chi connectivity index (χ4n) is 2.35. The van der Waals surface area contributed by atoms with Gasteiger partial charge in [-0.3, -0.25) is 4.79 Å². The van der Waals surface area contributed by atoms with Crippen LogP contribution in [-0.2, 0) is 9.53 Å². The first-order valence-electron chi connectivity index (χ1n) is 6.34. The Kier molecular flexibility index (Phi) is 4.11. The van der Waals surface area contributed by atoms with Crippen molar-refractivity contribution >= 4 is 5.78 Å². The van der Waals surface area contributed by atoms with Gasteiger partial charge >= 0.3 is 0 Å². The third kappa shape index (κ3) is 2.60. The number of ether oxygens (including phenoxy) is 1. The van der Waals surface area contributed by atoms with Crippen LogP contribution >= 0.6 is 0 Å². The molecule has 1 saturated heterocycles. The maximum Gasteiger partial charge on any atom is 0.183 e. The lowest BCUT2D eigenvalue weighted by Gasteiger charge is -2.23. The van der Waals surface area contributed by atoms with Crippen molar-refractivity contribution in [2.45, 2.75) is 38.2 Å². The molecular formula is C15H17NO2. The van der Waals surface area contributed by atoms with Crippen LogP contribution in [0.3, 0.4) is 0 Å². The van der Waals surface area contributed by atoms with Gasteiger partial charge in [0, 0.05) is 6.61 Å². The van der Waals surface area contributed by atoms with Crippen molar-refractivity contribution in [2.24, 2.45) is 0 Å². The summed E-state index contributed by atoms with van der Waals surface area (Å²) < 4.78 is 5.48. The third-order valence-electron chi connectivity index (χ3n) is 3.41. The Morgan fingerprint density at radius 1 is 1.44 bits per heavy atom. The molecule has 94 valence electrons. The minimum absolute atomic E-state index is 0.0912. The van der Waals surface area contributed by atoms with Crippen LogP contribution in [0.4, 0.5) is 0 Å². The Balaban J connectivity index is 2.21. The number of hydrogen-bond donors (Lipinski definition) is 0. The molecule has 0 saturated carbocycles. The fourth-order valence-corrected chi connectivity index (χ4v) is 2.35. The number of ketones is 1. The van der Waals surface area contributed by atoms with Gasteiger partial charge in [-0.15, -0.1) is 0 Å². The lowest BCUT2D eigenvalue weighted by molar-refractivity contribution is -0.133. The minimum atomic E-state index is -0.700. The molecule has 1 heterocycles. The Labute approximate surface area is 107 Å². The number of nitrogens with zero attached hydrogens (tertiary/aromatic N) is 1. The SMILES string of the molecule is Cc1ccccc1C(C#N)C(=O)C1CCCCO1. The maximum absolute atomic E-state index is 12.3. The highest BCUT2D eigenvalue weighted by Gasteiger charge is 2.30. The van der Waals surface area contributed by atoms with Crippen LogP contribution in [0.1, 0.15) is 36.3 Å². The summed E-state index contributed by atoms with van der Waals surface area (Å²) >= 11 is 0. The van der Waals surface area contributed by atoms with Crippen molar-refractivity contribution in [2.75, 3.05) is 6.61 Å². The zero-order chi connectivity index (χ0) is 13.0. The summed E-state index contributed by atoms with van der Waals surface area (Å²) in [6, 6.07) is 9.68. The molecule has 2 unspecified atom stereocenters. The number of benzene rings is 1. The molecule has 3 heteroatoms. The minimum Gasteiger partial charge on any atom is -0.370 e. The molecule has 1 aromatic rings. The number of carbonyl (C=O) groups excluding carboxylic acids is 1. The fraction of sp³-hybridized carbons (Fsp3) is 0.467. The molecule has 0 aromatic heterocycles. The van der Waals surface area contributed by atoms with Gasteiger partial charge in [0.25, 0.3) is 0 Å². The smallest absolute Gasteiger partial charge is 0.183 e. The molecule has 18 heavy (non-hydrogen) atoms. The molecule has 1 aromatic carbocycles. The Morgan fingerprint density at radius 3 is 2.83 bits per heavy atom. The van der Waals surface area contributed by atoms with E-state index in [0.717, 1.165) is 30.4 Å². The van der Waals surface area contributed by atoms with Crippen LogP contribution in [-0.4, -0.2) is 18.5 Å². The van der Waals surface area contributed by atoms with Crippen LogP contribution in [0.5, 0.6) is 0 Å². The number of Topliss-reactive ketones (excluding diaryl/α,β-unsaturated/α-hetero) is 1. The molecule has 0 spiro atoms. The van der Waals surface area contributed by atoms with E-state index in [1.54, 1.807) is 0 Å². The molecule has 0 N–H and O–H groups in total. The Hall–Kier alpha value is -1.66. The molecule has 0 radical (unpaired) electrons. The van der Waals surface area contributed by atoms with Crippen molar-refractivity contribution in [1.82, 2.24) is 0 Å². The standard InChI is InChI=1S/C15H17NO2/c1-11-6-2-3-7-12(11)13(10-16)15(17)14-8-4-5-9-18-14/h2-3,6-7,13-14H,4-5,8-9H2,1H3. The van der Waals surface area contributed by atoms with Gasteiger partial charge in [-0.2, -0.15) is 5.26 Å². The van der Waals surface area contributed by atoms with Crippen LogP contribution in [0.2, 0.25) is 0 Å². The molecule has 2 rings (SSSR count). The zero-order valence-electron chi connectivity index (χ0n) is 10.6. The predicted octanol–water partition coefficient (Wildman–Crippen LogP) is 2.74. The molecule has 2 atom stereocenters. The monoisotopic (exact) mass is 243 g/mol. The number of aryl methyl sites for hydroxylation is 1. The van der Waals surface area contributed by atoms with E-state index in [-0.39, 0.29) is 5.78 Å². The van der Waals surface area contributed by atoms with Crippen LogP contribution in [0, 0.1) is 18.3 Å². The second-order valence-corrected chi connectivity index (χ2v) is 4.68. The first kappa shape index (κ1) is 12.8. The van der Waals surface area contributed by atoms with Gasteiger partial charge in [-0.25, -0.2) is 0 Å². The number of rotatable bonds is 3. The molecule has 1 fully saturated rings. The van der Waals surface area contributed by atoms with Crippen molar-refractivity contribution in [3.05, 3.63) is 35.4 Å². The van der Waals surface area contributed by atoms with E-state index in [9.17, 15) is 10.1 Å². The van der Waals surface area contributed by atoms with E-state index in [1.807, 2.05) is 31.2 Å². The first-order valence-corrected chi connectivity index (χ1v) is 6.34. The van der Waals surface area contributed by atoms with Gasteiger partial charge in [-0.1, -0.05) is 24.3 Å². The second-order valence-electron chi connectivity index (χ2n) is 4.68. The van der Waals surface area contributed by atoms with E-state index in [0.29, 0.717) is 6.61 Å². The molecule has 0 aliphatic carbocycles. The lowest BCUT2D eigenvalue weighted by Crippen LogP contribution is -2.32. The average molecular weight is 243 g/mol. The Bertz CT molecular complexity index is 470. The van der Waals surface area contributed by atoms with Crippen molar-refractivity contribution < 1.29 is 9.53 Å². The van der Waals surface area contributed by atoms with Gasteiger partial charge in [0.15, 0.2) is 5.78 Å². The van der Waals surface area contributed by atoms with E-state index >= 15 is 0 Å². The third-order valence-corrected chi connectivity index (χ3v) is 3.41. The summed E-state index contributed by atoms with van der Waals surface area (Å²) in [5.41, 5.74) is 1.78. The summed E-state index contributed by atoms with van der Waals surface area (Å²) in [6.45, 7) is 2.55. The predicted molar refractivity (Wildman–Crippen MR) is 68.1 cm³/mol. The summed E-state index contributed by atoms with van der Waals surface area (Å²) in [5, 5.41) is 9.28. The molecule has 0 bridgehead atoms. The molecule has 0 amide bonds. The Morgan fingerprint density at radius 2 is 2.22 bits per heavy atom. The normalized spacial score (nSPS) is 21.0. The highest BCUT2D eigenvalue weighted by atomic mass is 16.5. The van der Waals surface area contributed by atoms with E-state index < -0.39 is 12.0 Å². The van der Waals surface area contributed by atoms with Gasteiger partial charge < -0.3 is 4.74 Å². The maximum atomic E-state index is 12.3. The quantitative estimate of drug-likeness (QED) is 0.820. The van der Waals surface area contributed by atoms with Crippen molar-refractivity contribution in [1.29, 1.82) is 5.26 Å². The highest BCUT2D eigenvalue weighted by molar-refractivity contribution is 5.92. The second kappa shape index (κ2) is 5.79. The van der Waals surface area contributed by atoms with Crippen LogP contribution < -0.4 is 0 Å². The number of hydrogen-bond acceptors (Lipinski definition) is 3. The van der Waals surface area contributed by atoms with Crippen LogP contribution in [0.25, 0.3) is 0 Å². The average Bonchev–Trinajstić information content (AvgIpc) is 2.42. The number of carbonyl (C=O) groups is 1. The van der Waals surface area contributed by atoms with Gasteiger partial charge in [0.05, 0.1) is 6.07 Å². The summed E-state index contributed by atoms with van der Waals surface area (Å²) in [7, 11) is 0. The van der Waals surface area contributed by atoms with Gasteiger partial charge in [0.1, 0.15) is 12.0 Å². The molecule has 3 nitrogen and oxygen atoms in total. The molecular weight excluding hydrogens is 226 g/mol. The van der Waals surface area contributed by atoms with E-state index in [1.165, 1.54) is 0 Å². The first-order chi connectivity index (χ1) is 8.74. The largest absolute Gasteiger partial charge is 0.370 e. The number of nitriles is 1. The highest BCUT2D eigenvalue weighted by Crippen LogP contribution is 2.25. The summed E-state index contributed by atoms with van der Waals surface area (Å²) in [5.74, 6) is -0.791. The molecule has 1 aliphatic heterocycles. The van der Waals surface area contributed by atoms with Crippen molar-refractivity contribution in [3.8, 4) is 6.07 Å². The summed E-state index contributed by atoms with van der Waals surface area (Å²) in [6.07, 6.45) is 2.35.